The van der Waals surface area contributed by atoms with Crippen LogP contribution in [0.15, 0.2) is 12.1 Å². The van der Waals surface area contributed by atoms with Gasteiger partial charge in [-0.15, -0.1) is 11.3 Å². The summed E-state index contributed by atoms with van der Waals surface area (Å²) in [6.07, 6.45) is 5.04. The lowest BCUT2D eigenvalue weighted by Crippen LogP contribution is -2.55. The van der Waals surface area contributed by atoms with E-state index >= 15 is 0 Å². The first-order valence-electron chi connectivity index (χ1n) is 7.84. The summed E-state index contributed by atoms with van der Waals surface area (Å²) in [7, 11) is 0. The summed E-state index contributed by atoms with van der Waals surface area (Å²) < 4.78 is 0. The van der Waals surface area contributed by atoms with Gasteiger partial charge < -0.3 is 0 Å². The minimum atomic E-state index is 0.305. The Bertz CT molecular complexity index is 471. The third-order valence-electron chi connectivity index (χ3n) is 4.57. The largest absolute Gasteiger partial charge is 0.298 e. The summed E-state index contributed by atoms with van der Waals surface area (Å²) in [5, 5.41) is 0. The number of nitrogens with zero attached hydrogens (tertiary/aromatic N) is 2. The van der Waals surface area contributed by atoms with E-state index in [1.807, 2.05) is 6.07 Å². The fraction of sp³-hybridized carbons (Fsp3) is 0.688. The summed E-state index contributed by atoms with van der Waals surface area (Å²) in [6.45, 7) is 7.28. The number of carbonyl (C=O) groups excluding carboxylic acids is 1. The number of fused-ring (bicyclic) bond motifs is 1. The molecule has 2 aliphatic rings. The fourth-order valence-electron chi connectivity index (χ4n) is 3.36. The van der Waals surface area contributed by atoms with Gasteiger partial charge in [0.25, 0.3) is 0 Å². The number of hydrogen-bond donors (Lipinski definition) is 0. The van der Waals surface area contributed by atoms with Gasteiger partial charge in [-0.2, -0.15) is 0 Å². The average molecular weight is 292 g/mol. The number of piperidine rings is 1. The van der Waals surface area contributed by atoms with Crippen molar-refractivity contribution in [1.82, 2.24) is 9.80 Å². The van der Waals surface area contributed by atoms with Gasteiger partial charge in [-0.1, -0.05) is 13.3 Å². The van der Waals surface area contributed by atoms with Crippen LogP contribution in [-0.4, -0.2) is 54.3 Å². The van der Waals surface area contributed by atoms with Gasteiger partial charge in [-0.25, -0.2) is 0 Å². The van der Waals surface area contributed by atoms with E-state index in [0.29, 0.717) is 18.4 Å². The first kappa shape index (κ1) is 14.2. The summed E-state index contributed by atoms with van der Waals surface area (Å²) in [6, 6.07) is 4.79. The second kappa shape index (κ2) is 6.37. The predicted octanol–water partition coefficient (Wildman–Crippen LogP) is 2.66. The van der Waals surface area contributed by atoms with Crippen molar-refractivity contribution in [3.63, 3.8) is 0 Å². The highest BCUT2D eigenvalue weighted by Gasteiger charge is 2.29. The molecule has 0 spiro atoms. The lowest BCUT2D eigenvalue weighted by atomic mass is 9.99. The van der Waals surface area contributed by atoms with Crippen LogP contribution >= 0.6 is 11.3 Å². The SMILES string of the molecule is CCc1ccc(C(=O)CN2CCN3CCCCC3C2)s1. The molecule has 0 aliphatic carbocycles. The van der Waals surface area contributed by atoms with Crippen LogP contribution in [0.1, 0.15) is 40.7 Å². The van der Waals surface area contributed by atoms with Crippen molar-refractivity contribution in [2.45, 2.75) is 38.6 Å². The van der Waals surface area contributed by atoms with Crippen LogP contribution in [0.3, 0.4) is 0 Å². The number of piperazine rings is 1. The highest BCUT2D eigenvalue weighted by atomic mass is 32.1. The Morgan fingerprint density at radius 1 is 1.30 bits per heavy atom. The van der Waals surface area contributed by atoms with Crippen LogP contribution in [0.2, 0.25) is 0 Å². The lowest BCUT2D eigenvalue weighted by molar-refractivity contribution is 0.0470. The minimum absolute atomic E-state index is 0.305. The van der Waals surface area contributed by atoms with Crippen LogP contribution in [-0.2, 0) is 6.42 Å². The Labute approximate surface area is 125 Å². The zero-order valence-corrected chi connectivity index (χ0v) is 13.1. The monoisotopic (exact) mass is 292 g/mol. The second-order valence-corrected chi connectivity index (χ2v) is 7.13. The minimum Gasteiger partial charge on any atom is -0.298 e. The molecule has 0 aromatic carbocycles. The van der Waals surface area contributed by atoms with Crippen LogP contribution < -0.4 is 0 Å². The number of Topliss-reactive ketones (excluding diaryl/α,β-unsaturated/α-hetero) is 1. The molecule has 0 N–H and O–H groups in total. The molecule has 1 aromatic rings. The zero-order valence-electron chi connectivity index (χ0n) is 12.3. The molecule has 3 rings (SSSR count). The van der Waals surface area contributed by atoms with Crippen molar-refractivity contribution in [2.75, 3.05) is 32.7 Å². The van der Waals surface area contributed by atoms with Gasteiger partial charge in [0.15, 0.2) is 5.78 Å². The van der Waals surface area contributed by atoms with E-state index in [4.69, 9.17) is 0 Å². The van der Waals surface area contributed by atoms with E-state index in [2.05, 4.69) is 22.8 Å². The predicted molar refractivity (Wildman–Crippen MR) is 83.7 cm³/mol. The maximum Gasteiger partial charge on any atom is 0.186 e. The van der Waals surface area contributed by atoms with E-state index in [9.17, 15) is 4.79 Å². The Kier molecular flexibility index (Phi) is 4.54. The summed E-state index contributed by atoms with van der Waals surface area (Å²) in [5.41, 5.74) is 0. The van der Waals surface area contributed by atoms with Gasteiger partial charge in [0.2, 0.25) is 0 Å². The van der Waals surface area contributed by atoms with Crippen molar-refractivity contribution in [3.05, 3.63) is 21.9 Å². The van der Waals surface area contributed by atoms with Crippen LogP contribution in [0.25, 0.3) is 0 Å². The number of ketones is 1. The maximum atomic E-state index is 12.4. The number of hydrogen-bond acceptors (Lipinski definition) is 4. The topological polar surface area (TPSA) is 23.6 Å². The molecular formula is C16H24N2OS. The molecule has 110 valence electrons. The first-order valence-corrected chi connectivity index (χ1v) is 8.66. The van der Waals surface area contributed by atoms with Gasteiger partial charge in [0.05, 0.1) is 11.4 Å². The van der Waals surface area contributed by atoms with E-state index in [1.165, 1.54) is 30.7 Å². The third-order valence-corrected chi connectivity index (χ3v) is 5.84. The standard InChI is InChI=1S/C16H24N2OS/c1-2-14-6-7-16(20-14)15(19)12-17-9-10-18-8-4-3-5-13(18)11-17/h6-7,13H,2-5,8-12H2,1H3. The van der Waals surface area contributed by atoms with Gasteiger partial charge in [0.1, 0.15) is 0 Å². The van der Waals surface area contributed by atoms with Crippen LogP contribution in [0.5, 0.6) is 0 Å². The van der Waals surface area contributed by atoms with E-state index in [-0.39, 0.29) is 0 Å². The van der Waals surface area contributed by atoms with Gasteiger partial charge in [0, 0.05) is 30.6 Å². The number of aryl methyl sites for hydroxylation is 1. The molecule has 20 heavy (non-hydrogen) atoms. The van der Waals surface area contributed by atoms with Crippen molar-refractivity contribution >= 4 is 17.1 Å². The normalized spacial score (nSPS) is 24.6. The third kappa shape index (κ3) is 3.13. The zero-order chi connectivity index (χ0) is 13.9. The first-order chi connectivity index (χ1) is 9.76. The van der Waals surface area contributed by atoms with E-state index in [0.717, 1.165) is 30.9 Å². The van der Waals surface area contributed by atoms with Gasteiger partial charge in [-0.05, 0) is 37.9 Å². The number of carbonyl (C=O) groups is 1. The molecule has 2 saturated heterocycles. The Hall–Kier alpha value is -0.710. The smallest absolute Gasteiger partial charge is 0.186 e. The lowest BCUT2D eigenvalue weighted by Gasteiger charge is -2.43. The van der Waals surface area contributed by atoms with Crippen molar-refractivity contribution < 1.29 is 4.79 Å². The molecule has 0 amide bonds. The van der Waals surface area contributed by atoms with Crippen molar-refractivity contribution in [2.24, 2.45) is 0 Å². The van der Waals surface area contributed by atoms with Gasteiger partial charge in [-0.3, -0.25) is 14.6 Å². The molecule has 2 fully saturated rings. The molecule has 4 heteroatoms. The second-order valence-electron chi connectivity index (χ2n) is 5.96. The van der Waals surface area contributed by atoms with Crippen molar-refractivity contribution in [3.8, 4) is 0 Å². The molecule has 0 radical (unpaired) electrons. The number of rotatable bonds is 4. The Morgan fingerprint density at radius 3 is 3.00 bits per heavy atom. The molecule has 0 bridgehead atoms. The molecule has 3 nitrogen and oxygen atoms in total. The quantitative estimate of drug-likeness (QED) is 0.797. The fourth-order valence-corrected chi connectivity index (χ4v) is 4.24. The van der Waals surface area contributed by atoms with Crippen LogP contribution in [0, 0.1) is 0 Å². The summed E-state index contributed by atoms with van der Waals surface area (Å²) in [5.74, 6) is 0.305. The van der Waals surface area contributed by atoms with E-state index in [1.54, 1.807) is 11.3 Å². The van der Waals surface area contributed by atoms with Crippen LogP contribution in [0.4, 0.5) is 0 Å². The highest BCUT2D eigenvalue weighted by molar-refractivity contribution is 7.14. The highest BCUT2D eigenvalue weighted by Crippen LogP contribution is 2.22. The molecule has 1 atom stereocenters. The molecule has 1 unspecified atom stereocenters. The summed E-state index contributed by atoms with van der Waals surface area (Å²) in [4.78, 5) is 19.6. The molecular weight excluding hydrogens is 268 g/mol. The van der Waals surface area contributed by atoms with Gasteiger partial charge >= 0.3 is 0 Å². The molecule has 2 aliphatic heterocycles. The van der Waals surface area contributed by atoms with Crippen molar-refractivity contribution in [1.29, 1.82) is 0 Å². The van der Waals surface area contributed by atoms with E-state index < -0.39 is 0 Å². The molecule has 1 aromatic heterocycles. The number of thiophene rings is 1. The Morgan fingerprint density at radius 2 is 2.20 bits per heavy atom. The Balaban J connectivity index is 1.56. The maximum absolute atomic E-state index is 12.4. The summed E-state index contributed by atoms with van der Waals surface area (Å²) >= 11 is 1.67. The molecule has 3 heterocycles. The average Bonchev–Trinajstić information content (AvgIpc) is 2.96. The molecule has 0 saturated carbocycles.